The average Bonchev–Trinajstić information content (AvgIpc) is 3.44. The average molecular weight is 575 g/mol. The summed E-state index contributed by atoms with van der Waals surface area (Å²) in [4.78, 5) is 22.5. The van der Waals surface area contributed by atoms with Crippen molar-refractivity contribution in [3.8, 4) is 0 Å². The zero-order valence-corrected chi connectivity index (χ0v) is 25.0. The number of fused-ring (bicyclic) bond motifs is 1. The van der Waals surface area contributed by atoms with Gasteiger partial charge in [0.05, 0.1) is 31.2 Å². The van der Waals surface area contributed by atoms with Crippen molar-refractivity contribution in [2.75, 3.05) is 20.1 Å². The van der Waals surface area contributed by atoms with Crippen LogP contribution >= 0.6 is 23.4 Å². The number of nitrogens with zero attached hydrogens (tertiary/aromatic N) is 5. The first-order valence-corrected chi connectivity index (χ1v) is 15.4. The molecule has 5 rings (SSSR count). The van der Waals surface area contributed by atoms with Gasteiger partial charge in [0.15, 0.2) is 5.94 Å². The van der Waals surface area contributed by atoms with E-state index in [2.05, 4.69) is 20.7 Å². The number of carbonyl (C=O) groups excluding carboxylic acids is 1. The van der Waals surface area contributed by atoms with Crippen molar-refractivity contribution < 1.29 is 9.00 Å². The third kappa shape index (κ3) is 5.09. The highest BCUT2D eigenvalue weighted by Crippen LogP contribution is 2.47. The molecule has 1 aromatic carbocycles. The maximum atomic E-state index is 12.8. The molecular weight excluding hydrogens is 540 g/mol. The van der Waals surface area contributed by atoms with Crippen LogP contribution in [0.5, 0.6) is 0 Å². The number of likely N-dealkylation sites (tertiary alicyclic amines) is 1. The van der Waals surface area contributed by atoms with Crippen LogP contribution in [0.1, 0.15) is 52.9 Å². The van der Waals surface area contributed by atoms with Crippen LogP contribution in [0.15, 0.2) is 45.0 Å². The Morgan fingerprint density at radius 3 is 2.63 bits per heavy atom. The van der Waals surface area contributed by atoms with E-state index in [1.165, 1.54) is 11.8 Å². The highest BCUT2D eigenvalue weighted by Gasteiger charge is 2.46. The Balaban J connectivity index is 1.32. The summed E-state index contributed by atoms with van der Waals surface area (Å²) in [7, 11) is 2.66. The van der Waals surface area contributed by atoms with Gasteiger partial charge in [-0.2, -0.15) is 5.10 Å². The highest BCUT2D eigenvalue weighted by atomic mass is 35.5. The second kappa shape index (κ2) is 10.5. The van der Waals surface area contributed by atoms with Crippen LogP contribution in [-0.2, 0) is 22.8 Å². The van der Waals surface area contributed by atoms with E-state index in [0.717, 1.165) is 67.0 Å². The van der Waals surface area contributed by atoms with E-state index in [4.69, 9.17) is 16.6 Å². The number of thioether (sulfide) groups is 1. The SMILES string of the molecule is CN1C(=C=O)C(Sc2ccc3nn(C)cc3c2Cl)=CN=C1N1CCC2(CCC[C@H]2N[S@](=O)C(C)(C)C)CC1. The first-order valence-electron chi connectivity index (χ1n) is 13.0. The third-order valence-corrected chi connectivity index (χ3v) is 11.1. The Kier molecular flexibility index (Phi) is 7.57. The van der Waals surface area contributed by atoms with Gasteiger partial charge in [-0.1, -0.05) is 29.8 Å². The van der Waals surface area contributed by atoms with E-state index < -0.39 is 11.0 Å². The number of hydrogen-bond acceptors (Lipinski definition) is 7. The smallest absolute Gasteiger partial charge is 0.206 e. The van der Waals surface area contributed by atoms with Gasteiger partial charge < -0.3 is 9.80 Å². The highest BCUT2D eigenvalue weighted by molar-refractivity contribution is 8.03. The van der Waals surface area contributed by atoms with Crippen molar-refractivity contribution in [1.29, 1.82) is 0 Å². The number of hydrogen-bond donors (Lipinski definition) is 1. The summed E-state index contributed by atoms with van der Waals surface area (Å²) in [6, 6.07) is 4.13. The molecule has 0 bridgehead atoms. The zero-order chi connectivity index (χ0) is 27.2. The lowest BCUT2D eigenvalue weighted by molar-refractivity contribution is 0.123. The third-order valence-electron chi connectivity index (χ3n) is 7.94. The normalized spacial score (nSPS) is 22.6. The standard InChI is InChI=1S/C27H35ClN6O2S2/c1-26(2,3)38(36)31-23-7-6-10-27(23)11-13-34(14-12-27)25-29-15-22(20(17-35)33(25)5)37-21-9-8-19-18(24(21)28)16-32(4)30-19/h8-9,15-16,23,31H,6-7,10-14H2,1-5H3/t23-,38-/m1/s1. The summed E-state index contributed by atoms with van der Waals surface area (Å²) in [5, 5.41) is 5.89. The summed E-state index contributed by atoms with van der Waals surface area (Å²) >= 11 is 8.10. The van der Waals surface area contributed by atoms with Crippen molar-refractivity contribution in [1.82, 2.24) is 24.3 Å². The molecule has 1 saturated carbocycles. The molecule has 2 fully saturated rings. The fraction of sp³-hybridized carbons (Fsp3) is 0.556. The second-order valence-electron chi connectivity index (χ2n) is 11.4. The second-order valence-corrected chi connectivity index (χ2v) is 14.9. The van der Waals surface area contributed by atoms with Crippen LogP contribution in [-0.4, -0.2) is 66.6 Å². The predicted octanol–water partition coefficient (Wildman–Crippen LogP) is 4.86. The molecule has 3 heterocycles. The molecule has 8 nitrogen and oxygen atoms in total. The summed E-state index contributed by atoms with van der Waals surface area (Å²) in [5.41, 5.74) is 1.44. The van der Waals surface area contributed by atoms with E-state index in [-0.39, 0.29) is 16.2 Å². The molecule has 11 heteroatoms. The summed E-state index contributed by atoms with van der Waals surface area (Å²) in [6.07, 6.45) is 9.04. The quantitative estimate of drug-likeness (QED) is 0.525. The number of nitrogens with one attached hydrogen (secondary N) is 1. The molecule has 0 unspecified atom stereocenters. The van der Waals surface area contributed by atoms with Gasteiger partial charge >= 0.3 is 0 Å². The van der Waals surface area contributed by atoms with Crippen molar-refractivity contribution in [2.45, 2.75) is 68.6 Å². The van der Waals surface area contributed by atoms with Crippen molar-refractivity contribution >= 4 is 57.2 Å². The van der Waals surface area contributed by atoms with E-state index in [9.17, 15) is 9.00 Å². The summed E-state index contributed by atoms with van der Waals surface area (Å²) in [5.74, 6) is 2.90. The van der Waals surface area contributed by atoms with Crippen LogP contribution in [0.2, 0.25) is 5.02 Å². The predicted molar refractivity (Wildman–Crippen MR) is 156 cm³/mol. The Hall–Kier alpha value is -2.10. The molecular formula is C27H35ClN6O2S2. The maximum Gasteiger partial charge on any atom is 0.206 e. The van der Waals surface area contributed by atoms with Crippen LogP contribution in [0.4, 0.5) is 0 Å². The lowest BCUT2D eigenvalue weighted by Gasteiger charge is -2.46. The number of halogens is 1. The lowest BCUT2D eigenvalue weighted by Crippen LogP contribution is -2.54. The van der Waals surface area contributed by atoms with Crippen LogP contribution < -0.4 is 4.72 Å². The summed E-state index contributed by atoms with van der Waals surface area (Å²) in [6.45, 7) is 7.73. The minimum atomic E-state index is -1.08. The molecule has 0 radical (unpaired) electrons. The Bertz CT molecular complexity index is 1380. The van der Waals surface area contributed by atoms with Crippen molar-refractivity contribution in [3.63, 3.8) is 0 Å². The minimum Gasteiger partial charge on any atom is -0.342 e. The van der Waals surface area contributed by atoms with Gasteiger partial charge in [-0.15, -0.1) is 0 Å². The summed E-state index contributed by atoms with van der Waals surface area (Å²) < 4.78 is 17.8. The van der Waals surface area contributed by atoms with Gasteiger partial charge in [0.2, 0.25) is 5.96 Å². The Morgan fingerprint density at radius 1 is 1.21 bits per heavy atom. The van der Waals surface area contributed by atoms with Crippen LogP contribution in [0, 0.1) is 5.41 Å². The van der Waals surface area contributed by atoms with Gasteiger partial charge in [0.1, 0.15) is 5.70 Å². The van der Waals surface area contributed by atoms with Gasteiger partial charge in [0, 0.05) is 55.9 Å². The molecule has 1 aliphatic carbocycles. The molecule has 1 N–H and O–H groups in total. The molecule has 1 saturated heterocycles. The molecule has 0 amide bonds. The molecule has 2 aromatic rings. The molecule has 1 spiro atoms. The topological polar surface area (TPSA) is 82.8 Å². The number of likely N-dealkylation sites (N-methyl/N-ethyl adjacent to an activating group) is 1. The van der Waals surface area contributed by atoms with E-state index >= 15 is 0 Å². The molecule has 204 valence electrons. The van der Waals surface area contributed by atoms with Gasteiger partial charge in [-0.25, -0.2) is 18.7 Å². The number of rotatable bonds is 4. The molecule has 1 aromatic heterocycles. The minimum absolute atomic E-state index is 0.160. The number of aryl methyl sites for hydroxylation is 1. The van der Waals surface area contributed by atoms with Crippen molar-refractivity contribution in [3.05, 3.63) is 40.2 Å². The first kappa shape index (κ1) is 27.5. The molecule has 2 aliphatic heterocycles. The van der Waals surface area contributed by atoms with Gasteiger partial charge in [0.25, 0.3) is 0 Å². The molecule has 38 heavy (non-hydrogen) atoms. The maximum absolute atomic E-state index is 12.8. The molecule has 2 atom stereocenters. The fourth-order valence-electron chi connectivity index (χ4n) is 5.75. The largest absolute Gasteiger partial charge is 0.342 e. The van der Waals surface area contributed by atoms with Gasteiger partial charge in [-0.3, -0.25) is 4.68 Å². The van der Waals surface area contributed by atoms with E-state index in [1.54, 1.807) is 10.9 Å². The zero-order valence-electron chi connectivity index (χ0n) is 22.6. The number of aliphatic imine (C=N–C) groups is 1. The number of piperidine rings is 1. The lowest BCUT2D eigenvalue weighted by atomic mass is 9.74. The van der Waals surface area contributed by atoms with Gasteiger partial charge in [-0.05, 0) is 64.0 Å². The fourth-order valence-corrected chi connectivity index (χ4v) is 8.01. The Morgan fingerprint density at radius 2 is 1.95 bits per heavy atom. The first-order chi connectivity index (χ1) is 18.0. The van der Waals surface area contributed by atoms with Crippen LogP contribution in [0.25, 0.3) is 10.9 Å². The van der Waals surface area contributed by atoms with E-state index in [1.807, 2.05) is 58.1 Å². The van der Waals surface area contributed by atoms with E-state index in [0.29, 0.717) is 15.6 Å². The number of benzene rings is 1. The number of aromatic nitrogens is 2. The number of guanidine groups is 1. The van der Waals surface area contributed by atoms with Crippen molar-refractivity contribution in [2.24, 2.45) is 17.5 Å². The Labute approximate surface area is 236 Å². The monoisotopic (exact) mass is 574 g/mol. The molecule has 3 aliphatic rings. The van der Waals surface area contributed by atoms with Crippen LogP contribution in [0.3, 0.4) is 0 Å².